The fourth-order valence-electron chi connectivity index (χ4n) is 3.54. The number of oxazole rings is 1. The molecule has 30 heavy (non-hydrogen) atoms. The average Bonchev–Trinajstić information content (AvgIpc) is 3.22. The Bertz CT molecular complexity index is 1260. The van der Waals surface area contributed by atoms with E-state index in [-0.39, 0.29) is 29.5 Å². The molecule has 0 spiro atoms. The number of rotatable bonds is 6. The van der Waals surface area contributed by atoms with Crippen molar-refractivity contribution in [1.82, 2.24) is 4.57 Å². The van der Waals surface area contributed by atoms with Gasteiger partial charge in [0, 0.05) is 19.5 Å². The van der Waals surface area contributed by atoms with Gasteiger partial charge >= 0.3 is 5.76 Å². The second-order valence-electron chi connectivity index (χ2n) is 7.08. The molecular weight excluding hydrogens is 410 g/mol. The molecule has 0 bridgehead atoms. The summed E-state index contributed by atoms with van der Waals surface area (Å²) in [5.74, 6) is -0.903. The lowest BCUT2D eigenvalue weighted by Gasteiger charge is -2.18. The van der Waals surface area contributed by atoms with Crippen LogP contribution in [0.2, 0.25) is 0 Å². The van der Waals surface area contributed by atoms with Gasteiger partial charge < -0.3 is 14.8 Å². The highest BCUT2D eigenvalue weighted by Gasteiger charge is 2.28. The molecule has 1 fully saturated rings. The summed E-state index contributed by atoms with van der Waals surface area (Å²) < 4.78 is 32.1. The lowest BCUT2D eigenvalue weighted by Crippen LogP contribution is -2.25. The normalized spacial score (nSPS) is 15.5. The van der Waals surface area contributed by atoms with Gasteiger partial charge in [-0.2, -0.15) is 0 Å². The van der Waals surface area contributed by atoms with Crippen molar-refractivity contribution in [1.29, 1.82) is 0 Å². The Balaban J connectivity index is 1.41. The maximum atomic E-state index is 12.3. The molecule has 0 saturated carbocycles. The average molecular weight is 431 g/mol. The highest BCUT2D eigenvalue weighted by molar-refractivity contribution is 7.93. The van der Waals surface area contributed by atoms with Gasteiger partial charge in [0.05, 0.1) is 22.6 Å². The van der Waals surface area contributed by atoms with Gasteiger partial charge in [-0.1, -0.05) is 12.1 Å². The quantitative estimate of drug-likeness (QED) is 0.578. The molecule has 1 amide bonds. The molecule has 2 aromatic carbocycles. The number of aromatic hydroxyl groups is 1. The fourth-order valence-corrected chi connectivity index (χ4v) is 5.10. The van der Waals surface area contributed by atoms with Crippen molar-refractivity contribution in [3.8, 4) is 5.75 Å². The third-order valence-corrected chi connectivity index (χ3v) is 6.87. The molecule has 0 unspecified atom stereocenters. The maximum Gasteiger partial charge on any atom is 0.419 e. The minimum atomic E-state index is -3.36. The van der Waals surface area contributed by atoms with Crippen LogP contribution in [0.5, 0.6) is 5.75 Å². The van der Waals surface area contributed by atoms with Crippen LogP contribution in [0.1, 0.15) is 19.3 Å². The molecular formula is C20H21N3O6S. The number of nitrogens with zero attached hydrogens (tertiary/aromatic N) is 2. The molecule has 2 N–H and O–H groups in total. The number of hydrogen-bond donors (Lipinski definition) is 2. The van der Waals surface area contributed by atoms with Crippen molar-refractivity contribution in [2.45, 2.75) is 25.8 Å². The van der Waals surface area contributed by atoms with E-state index in [1.54, 1.807) is 24.3 Å². The highest BCUT2D eigenvalue weighted by atomic mass is 32.2. The van der Waals surface area contributed by atoms with Crippen LogP contribution in [0.4, 0.5) is 11.4 Å². The van der Waals surface area contributed by atoms with Gasteiger partial charge in [0.25, 0.3) is 0 Å². The summed E-state index contributed by atoms with van der Waals surface area (Å²) in [7, 11) is -3.36. The SMILES string of the molecule is O=C(CCCn1c(=O)oc2ccccc21)Nc1cc(N2CCCS2(=O)=O)ccc1O. The summed E-state index contributed by atoms with van der Waals surface area (Å²) in [5.41, 5.74) is 1.70. The Hall–Kier alpha value is -3.27. The summed E-state index contributed by atoms with van der Waals surface area (Å²) in [4.78, 5) is 24.3. The number of anilines is 2. The number of phenols is 1. The summed E-state index contributed by atoms with van der Waals surface area (Å²) >= 11 is 0. The Labute approximate surface area is 172 Å². The lowest BCUT2D eigenvalue weighted by atomic mass is 10.2. The second kappa shape index (κ2) is 7.86. The van der Waals surface area contributed by atoms with Crippen LogP contribution < -0.4 is 15.4 Å². The van der Waals surface area contributed by atoms with Gasteiger partial charge in [-0.15, -0.1) is 0 Å². The molecule has 4 rings (SSSR count). The summed E-state index contributed by atoms with van der Waals surface area (Å²) in [6.07, 6.45) is 1.03. The Morgan fingerprint density at radius 3 is 2.77 bits per heavy atom. The number of carbonyl (C=O) groups excluding carboxylic acids is 1. The molecule has 0 atom stereocenters. The van der Waals surface area contributed by atoms with Crippen LogP contribution in [0.3, 0.4) is 0 Å². The molecule has 1 saturated heterocycles. The largest absolute Gasteiger partial charge is 0.506 e. The van der Waals surface area contributed by atoms with E-state index in [0.29, 0.717) is 42.7 Å². The number of fused-ring (bicyclic) bond motifs is 1. The zero-order valence-corrected chi connectivity index (χ0v) is 16.9. The van der Waals surface area contributed by atoms with Crippen molar-refractivity contribution in [2.24, 2.45) is 0 Å². The summed E-state index contributed by atoms with van der Waals surface area (Å²) in [5, 5.41) is 12.7. The van der Waals surface area contributed by atoms with Crippen LogP contribution in [-0.2, 0) is 21.4 Å². The van der Waals surface area contributed by atoms with Crippen LogP contribution in [0.25, 0.3) is 11.1 Å². The molecule has 0 radical (unpaired) electrons. The zero-order valence-electron chi connectivity index (χ0n) is 16.1. The highest BCUT2D eigenvalue weighted by Crippen LogP contribution is 2.32. The van der Waals surface area contributed by atoms with Crippen LogP contribution >= 0.6 is 0 Å². The van der Waals surface area contributed by atoms with Crippen molar-refractivity contribution < 1.29 is 22.7 Å². The number of sulfonamides is 1. The number of benzene rings is 2. The number of para-hydroxylation sites is 2. The molecule has 2 heterocycles. The third kappa shape index (κ3) is 3.90. The molecule has 9 nitrogen and oxygen atoms in total. The van der Waals surface area contributed by atoms with Gasteiger partial charge in [-0.3, -0.25) is 13.7 Å². The molecule has 1 aliphatic rings. The van der Waals surface area contributed by atoms with Crippen molar-refractivity contribution in [3.63, 3.8) is 0 Å². The number of nitrogens with one attached hydrogen (secondary N) is 1. The minimum absolute atomic E-state index is 0.0810. The monoisotopic (exact) mass is 431 g/mol. The minimum Gasteiger partial charge on any atom is -0.506 e. The Morgan fingerprint density at radius 2 is 2.00 bits per heavy atom. The molecule has 1 aromatic heterocycles. The van der Waals surface area contributed by atoms with E-state index in [4.69, 9.17) is 4.42 Å². The van der Waals surface area contributed by atoms with Crippen LogP contribution in [0, 0.1) is 0 Å². The van der Waals surface area contributed by atoms with E-state index < -0.39 is 15.8 Å². The van der Waals surface area contributed by atoms with E-state index >= 15 is 0 Å². The number of aryl methyl sites for hydroxylation is 1. The number of carbonyl (C=O) groups is 1. The molecule has 158 valence electrons. The predicted octanol–water partition coefficient (Wildman–Crippen LogP) is 2.26. The Morgan fingerprint density at radius 1 is 1.20 bits per heavy atom. The topological polar surface area (TPSA) is 122 Å². The first kappa shape index (κ1) is 20.0. The molecule has 3 aromatic rings. The first-order valence-electron chi connectivity index (χ1n) is 9.57. The zero-order chi connectivity index (χ0) is 21.3. The standard InChI is InChI=1S/C20H21N3O6S/c24-17-9-8-14(23-11-4-12-30(23,27)28)13-15(17)21-19(25)7-3-10-22-16-5-1-2-6-18(16)29-20(22)26/h1-2,5-6,8-9,13,24H,3-4,7,10-12H2,(H,21,25). The number of hydrogen-bond acceptors (Lipinski definition) is 6. The van der Waals surface area contributed by atoms with E-state index in [9.17, 15) is 23.1 Å². The predicted molar refractivity (Wildman–Crippen MR) is 112 cm³/mol. The maximum absolute atomic E-state index is 12.3. The van der Waals surface area contributed by atoms with E-state index in [1.165, 1.54) is 27.1 Å². The molecule has 10 heteroatoms. The molecule has 1 aliphatic heterocycles. The van der Waals surface area contributed by atoms with Gasteiger partial charge in [-0.25, -0.2) is 13.2 Å². The smallest absolute Gasteiger partial charge is 0.419 e. The van der Waals surface area contributed by atoms with E-state index in [1.807, 2.05) is 0 Å². The van der Waals surface area contributed by atoms with Gasteiger partial charge in [-0.05, 0) is 43.2 Å². The first-order valence-corrected chi connectivity index (χ1v) is 11.2. The third-order valence-electron chi connectivity index (χ3n) is 5.00. The summed E-state index contributed by atoms with van der Waals surface area (Å²) in [6.45, 7) is 0.676. The van der Waals surface area contributed by atoms with Gasteiger partial charge in [0.15, 0.2) is 5.58 Å². The van der Waals surface area contributed by atoms with Crippen molar-refractivity contribution >= 4 is 38.4 Å². The van der Waals surface area contributed by atoms with E-state index in [0.717, 1.165) is 0 Å². The number of aromatic nitrogens is 1. The molecule has 0 aliphatic carbocycles. The number of phenolic OH excluding ortho intramolecular Hbond substituents is 1. The van der Waals surface area contributed by atoms with Crippen LogP contribution in [-0.4, -0.2) is 36.3 Å². The Kier molecular flexibility index (Phi) is 5.25. The van der Waals surface area contributed by atoms with Crippen molar-refractivity contribution in [2.75, 3.05) is 21.9 Å². The fraction of sp³-hybridized carbons (Fsp3) is 0.300. The number of amides is 1. The lowest BCUT2D eigenvalue weighted by molar-refractivity contribution is -0.116. The summed E-state index contributed by atoms with van der Waals surface area (Å²) in [6, 6.07) is 11.4. The second-order valence-corrected chi connectivity index (χ2v) is 9.10. The van der Waals surface area contributed by atoms with E-state index in [2.05, 4.69) is 5.32 Å². The van der Waals surface area contributed by atoms with Crippen LogP contribution in [0.15, 0.2) is 51.7 Å². The van der Waals surface area contributed by atoms with Gasteiger partial charge in [0.2, 0.25) is 15.9 Å². The first-order chi connectivity index (χ1) is 14.3. The van der Waals surface area contributed by atoms with Crippen molar-refractivity contribution in [3.05, 3.63) is 53.0 Å². The van der Waals surface area contributed by atoms with Gasteiger partial charge in [0.1, 0.15) is 5.75 Å².